The molecule has 1 N–H and O–H groups in total. The van der Waals surface area contributed by atoms with Crippen molar-refractivity contribution in [3.05, 3.63) is 39.6 Å². The summed E-state index contributed by atoms with van der Waals surface area (Å²) in [6.07, 6.45) is 0.697. The molecule has 0 aliphatic heterocycles. The number of ether oxygens (including phenoxy) is 4. The number of hydrogen-bond donors (Lipinski definition) is 1. The predicted molar refractivity (Wildman–Crippen MR) is 149 cm³/mol. The van der Waals surface area contributed by atoms with E-state index in [0.717, 1.165) is 32.8 Å². The third kappa shape index (κ3) is 7.30. The first-order chi connectivity index (χ1) is 17.6. The lowest BCUT2D eigenvalue weighted by molar-refractivity contribution is 0.0607. The second-order valence-electron chi connectivity index (χ2n) is 9.71. The number of carbonyl (C=O) groups excluding carboxylic acids is 1. The largest absolute Gasteiger partial charge is 0.496 e. The van der Waals surface area contributed by atoms with Crippen LogP contribution in [0.15, 0.2) is 24.3 Å². The van der Waals surface area contributed by atoms with Crippen LogP contribution in [0.3, 0.4) is 0 Å². The number of benzene rings is 1. The van der Waals surface area contributed by atoms with Crippen LogP contribution in [0.2, 0.25) is 0 Å². The second kappa shape index (κ2) is 12.2. The van der Waals surface area contributed by atoms with Crippen LogP contribution in [0.4, 0.5) is 5.69 Å². The van der Waals surface area contributed by atoms with Gasteiger partial charge >= 0.3 is 5.97 Å². The van der Waals surface area contributed by atoms with Gasteiger partial charge in [0.15, 0.2) is 0 Å². The number of nitrogens with zero attached hydrogens (tertiary/aromatic N) is 1. The van der Waals surface area contributed by atoms with Crippen LogP contribution in [0.25, 0.3) is 10.9 Å². The fourth-order valence-electron chi connectivity index (χ4n) is 3.66. The molecule has 0 radical (unpaired) electrons. The van der Waals surface area contributed by atoms with E-state index >= 15 is 0 Å². The van der Waals surface area contributed by atoms with Gasteiger partial charge in [0, 0.05) is 34.9 Å². The van der Waals surface area contributed by atoms with E-state index in [4.69, 9.17) is 18.9 Å². The molecule has 8 heteroatoms. The van der Waals surface area contributed by atoms with Gasteiger partial charge in [0.2, 0.25) is 5.88 Å². The summed E-state index contributed by atoms with van der Waals surface area (Å²) in [5.74, 6) is 8.00. The Kier molecular flexibility index (Phi) is 9.28. The van der Waals surface area contributed by atoms with E-state index in [1.165, 1.54) is 18.4 Å². The van der Waals surface area contributed by atoms with Crippen molar-refractivity contribution < 1.29 is 23.7 Å². The Morgan fingerprint density at radius 2 is 1.92 bits per heavy atom. The molecule has 198 valence electrons. The quantitative estimate of drug-likeness (QED) is 0.241. The molecule has 0 amide bonds. The molecule has 1 aromatic carbocycles. The minimum Gasteiger partial charge on any atom is -0.496 e. The van der Waals surface area contributed by atoms with Gasteiger partial charge in [0.05, 0.1) is 43.5 Å². The van der Waals surface area contributed by atoms with Crippen LogP contribution in [-0.4, -0.2) is 44.4 Å². The number of esters is 1. The number of rotatable bonds is 10. The van der Waals surface area contributed by atoms with Gasteiger partial charge in [0.1, 0.15) is 16.4 Å². The molecule has 3 aromatic rings. The maximum absolute atomic E-state index is 12.4. The average molecular weight is 525 g/mol. The van der Waals surface area contributed by atoms with Crippen LogP contribution in [0.5, 0.6) is 17.4 Å². The Morgan fingerprint density at radius 1 is 1.16 bits per heavy atom. The normalized spacial score (nSPS) is 11.9. The van der Waals surface area contributed by atoms with Crippen molar-refractivity contribution in [2.45, 2.75) is 54.0 Å². The molecule has 2 heterocycles. The van der Waals surface area contributed by atoms with Crippen molar-refractivity contribution in [1.29, 1.82) is 0 Å². The number of aromatic nitrogens is 1. The summed E-state index contributed by atoms with van der Waals surface area (Å²) in [4.78, 5) is 18.3. The Labute approximate surface area is 223 Å². The highest BCUT2D eigenvalue weighted by molar-refractivity contribution is 7.15. The maximum atomic E-state index is 12.4. The Hall–Kier alpha value is -3.44. The predicted octanol–water partition coefficient (Wildman–Crippen LogP) is 6.47. The van der Waals surface area contributed by atoms with E-state index in [0.29, 0.717) is 36.1 Å². The highest BCUT2D eigenvalue weighted by atomic mass is 32.1. The number of nitrogens with one attached hydrogen (secondary N) is 1. The maximum Gasteiger partial charge on any atom is 0.350 e. The van der Waals surface area contributed by atoms with E-state index in [-0.39, 0.29) is 17.4 Å². The van der Waals surface area contributed by atoms with Crippen LogP contribution in [0, 0.1) is 24.2 Å². The zero-order valence-electron chi connectivity index (χ0n) is 22.9. The van der Waals surface area contributed by atoms with Gasteiger partial charge in [-0.2, -0.15) is 0 Å². The lowest BCUT2D eigenvalue weighted by Gasteiger charge is -2.17. The molecule has 0 spiro atoms. The molecule has 2 aromatic heterocycles. The van der Waals surface area contributed by atoms with E-state index < -0.39 is 0 Å². The first-order valence-corrected chi connectivity index (χ1v) is 13.1. The van der Waals surface area contributed by atoms with Gasteiger partial charge in [-0.3, -0.25) is 0 Å². The van der Waals surface area contributed by atoms with Gasteiger partial charge in [-0.1, -0.05) is 11.8 Å². The summed E-state index contributed by atoms with van der Waals surface area (Å²) in [7, 11) is 3.03. The Bertz CT molecular complexity index is 1310. The van der Waals surface area contributed by atoms with Gasteiger partial charge in [-0.05, 0) is 59.7 Å². The minimum absolute atomic E-state index is 0.0303. The monoisotopic (exact) mass is 524 g/mol. The third-order valence-electron chi connectivity index (χ3n) is 5.51. The smallest absolute Gasteiger partial charge is 0.350 e. The molecule has 0 bridgehead atoms. The second-order valence-corrected chi connectivity index (χ2v) is 10.8. The summed E-state index contributed by atoms with van der Waals surface area (Å²) in [6.45, 7) is 13.1. The van der Waals surface area contributed by atoms with Gasteiger partial charge in [-0.25, -0.2) is 9.78 Å². The molecular weight excluding hydrogens is 488 g/mol. The van der Waals surface area contributed by atoms with E-state index in [1.54, 1.807) is 7.11 Å². The molecule has 0 saturated heterocycles. The number of thiophene rings is 1. The molecule has 37 heavy (non-hydrogen) atoms. The molecule has 7 nitrogen and oxygen atoms in total. The third-order valence-corrected chi connectivity index (χ3v) is 6.54. The molecule has 3 rings (SSSR count). The summed E-state index contributed by atoms with van der Waals surface area (Å²) in [5, 5.41) is 4.33. The molecule has 1 atom stereocenters. The van der Waals surface area contributed by atoms with Crippen molar-refractivity contribution in [3.63, 3.8) is 0 Å². The van der Waals surface area contributed by atoms with Crippen LogP contribution in [0.1, 0.15) is 61.2 Å². The molecule has 0 fully saturated rings. The fourth-order valence-corrected chi connectivity index (χ4v) is 4.55. The first kappa shape index (κ1) is 28.1. The van der Waals surface area contributed by atoms with Crippen LogP contribution in [-0.2, 0) is 4.74 Å². The summed E-state index contributed by atoms with van der Waals surface area (Å²) in [5.41, 5.74) is 2.31. The van der Waals surface area contributed by atoms with Gasteiger partial charge in [0.25, 0.3) is 0 Å². The first-order valence-electron chi connectivity index (χ1n) is 12.3. The summed E-state index contributed by atoms with van der Waals surface area (Å²) < 4.78 is 22.3. The van der Waals surface area contributed by atoms with Crippen molar-refractivity contribution in [2.75, 3.05) is 32.8 Å². The summed E-state index contributed by atoms with van der Waals surface area (Å²) >= 11 is 1.33. The number of fused-ring (bicyclic) bond motifs is 1. The highest BCUT2D eigenvalue weighted by Gasteiger charge is 2.19. The fraction of sp³-hybridized carbons (Fsp3) is 0.448. The zero-order valence-corrected chi connectivity index (χ0v) is 23.7. The molecule has 0 unspecified atom stereocenters. The number of carbonyl (C=O) groups is 1. The Balaban J connectivity index is 1.75. The number of pyridine rings is 1. The van der Waals surface area contributed by atoms with Crippen molar-refractivity contribution >= 4 is 33.9 Å². The minimum atomic E-state index is -0.378. The number of hydrogen-bond acceptors (Lipinski definition) is 8. The number of methoxy groups -OCH3 is 2. The van der Waals surface area contributed by atoms with Crippen molar-refractivity contribution in [1.82, 2.24) is 4.98 Å². The van der Waals surface area contributed by atoms with Crippen molar-refractivity contribution in [3.8, 4) is 29.2 Å². The topological polar surface area (TPSA) is 78.9 Å². The van der Waals surface area contributed by atoms with Crippen molar-refractivity contribution in [2.24, 2.45) is 5.41 Å². The molecular formula is C29H36N2O5S. The van der Waals surface area contributed by atoms with Crippen LogP contribution >= 0.6 is 11.3 Å². The van der Waals surface area contributed by atoms with Gasteiger partial charge in [-0.15, -0.1) is 11.3 Å². The SMILES string of the molecule is CCOc1cc(OCC[C@H](C)Nc2cc(C#CC(C)(C)C)sc2C(=O)OC)c2ccc(OC)c(C)c2n1. The average Bonchev–Trinajstić information content (AvgIpc) is 3.25. The highest BCUT2D eigenvalue weighted by Crippen LogP contribution is 2.35. The summed E-state index contributed by atoms with van der Waals surface area (Å²) in [6, 6.07) is 7.64. The standard InChI is InChI=1S/C29H36N2O5S/c1-9-35-25-17-24(21-10-11-23(33-7)19(3)26(21)31-25)36-15-13-18(2)30-22-16-20(12-14-29(4,5)6)37-27(22)28(32)34-8/h10-11,16-18,30H,9,13,15H2,1-8H3/t18-/m0/s1. The molecule has 0 aliphatic rings. The van der Waals surface area contributed by atoms with E-state index in [9.17, 15) is 4.79 Å². The lowest BCUT2D eigenvalue weighted by atomic mass is 9.98. The number of aryl methyl sites for hydroxylation is 1. The lowest BCUT2D eigenvalue weighted by Crippen LogP contribution is -2.19. The number of anilines is 1. The Morgan fingerprint density at radius 3 is 2.57 bits per heavy atom. The van der Waals surface area contributed by atoms with Gasteiger partial charge < -0.3 is 24.3 Å². The van der Waals surface area contributed by atoms with E-state index in [1.807, 2.05) is 45.0 Å². The molecule has 0 saturated carbocycles. The zero-order chi connectivity index (χ0) is 27.2. The van der Waals surface area contributed by atoms with E-state index in [2.05, 4.69) is 42.9 Å². The van der Waals surface area contributed by atoms with Crippen LogP contribution < -0.4 is 19.5 Å². The molecule has 0 aliphatic carbocycles.